The van der Waals surface area contributed by atoms with Crippen LogP contribution in [0.2, 0.25) is 5.02 Å². The third-order valence-corrected chi connectivity index (χ3v) is 2.88. The minimum Gasteiger partial charge on any atom is -0.395 e. The van der Waals surface area contributed by atoms with E-state index in [0.717, 1.165) is 5.69 Å². The van der Waals surface area contributed by atoms with E-state index in [1.165, 1.54) is 0 Å². The van der Waals surface area contributed by atoms with Crippen LogP contribution in [-0.4, -0.2) is 34.2 Å². The molecule has 1 aromatic rings. The third kappa shape index (κ3) is 4.12. The lowest BCUT2D eigenvalue weighted by Crippen LogP contribution is -2.33. The molecule has 96 valence electrons. The van der Waals surface area contributed by atoms with E-state index in [4.69, 9.17) is 22.6 Å². The molecule has 0 aliphatic rings. The summed E-state index contributed by atoms with van der Waals surface area (Å²) in [6.07, 6.45) is 0. The van der Waals surface area contributed by atoms with E-state index in [-0.39, 0.29) is 6.61 Å². The number of nitrogens with two attached hydrogens (primary N) is 1. The van der Waals surface area contributed by atoms with Gasteiger partial charge in [0.2, 0.25) is 0 Å². The van der Waals surface area contributed by atoms with Gasteiger partial charge in [0, 0.05) is 19.1 Å². The molecule has 0 bridgehead atoms. The molecule has 0 spiro atoms. The first kappa shape index (κ1) is 14.2. The molecule has 1 heterocycles. The molecule has 0 aliphatic carbocycles. The lowest BCUT2D eigenvalue weighted by molar-refractivity contribution is 0.158. The Labute approximate surface area is 107 Å². The summed E-state index contributed by atoms with van der Waals surface area (Å²) in [5, 5.41) is 9.61. The number of nitrogen functional groups attached to an aromatic ring is 1. The molecule has 0 unspecified atom stereocenters. The molecule has 0 aliphatic heterocycles. The standard InChI is InChI=1S/C11H19ClN4O/c1-8(2)16(5-6-17)7-10-9(12)3-4-11(14-10)15-13/h3-4,8,17H,5-7,13H2,1-2H3,(H,14,15). The van der Waals surface area contributed by atoms with Gasteiger partial charge in [0.15, 0.2) is 0 Å². The Morgan fingerprint density at radius 1 is 1.53 bits per heavy atom. The maximum atomic E-state index is 9.01. The summed E-state index contributed by atoms with van der Waals surface area (Å²) >= 11 is 6.08. The zero-order valence-corrected chi connectivity index (χ0v) is 10.9. The van der Waals surface area contributed by atoms with E-state index in [0.29, 0.717) is 30.0 Å². The first-order valence-electron chi connectivity index (χ1n) is 5.55. The SMILES string of the molecule is CC(C)N(CCO)Cc1nc(NN)ccc1Cl. The first-order chi connectivity index (χ1) is 8.08. The lowest BCUT2D eigenvalue weighted by atomic mass is 10.2. The predicted molar refractivity (Wildman–Crippen MR) is 69.7 cm³/mol. The van der Waals surface area contributed by atoms with Crippen molar-refractivity contribution in [2.24, 2.45) is 5.84 Å². The second kappa shape index (κ2) is 6.76. The summed E-state index contributed by atoms with van der Waals surface area (Å²) in [6, 6.07) is 3.79. The minimum absolute atomic E-state index is 0.116. The zero-order chi connectivity index (χ0) is 12.8. The summed E-state index contributed by atoms with van der Waals surface area (Å²) < 4.78 is 0. The number of hydrazine groups is 1. The van der Waals surface area contributed by atoms with Crippen LogP contribution in [0.5, 0.6) is 0 Å². The van der Waals surface area contributed by atoms with Crippen LogP contribution in [0.15, 0.2) is 12.1 Å². The van der Waals surface area contributed by atoms with Crippen molar-refractivity contribution >= 4 is 17.4 Å². The highest BCUT2D eigenvalue weighted by atomic mass is 35.5. The van der Waals surface area contributed by atoms with E-state index < -0.39 is 0 Å². The van der Waals surface area contributed by atoms with Gasteiger partial charge in [-0.25, -0.2) is 10.8 Å². The molecule has 17 heavy (non-hydrogen) atoms. The smallest absolute Gasteiger partial charge is 0.140 e. The number of anilines is 1. The summed E-state index contributed by atoms with van der Waals surface area (Å²) in [6.45, 7) is 5.43. The van der Waals surface area contributed by atoms with Crippen molar-refractivity contribution in [2.75, 3.05) is 18.6 Å². The van der Waals surface area contributed by atoms with Gasteiger partial charge in [-0.05, 0) is 26.0 Å². The van der Waals surface area contributed by atoms with Gasteiger partial charge in [-0.2, -0.15) is 0 Å². The van der Waals surface area contributed by atoms with E-state index >= 15 is 0 Å². The average Bonchev–Trinajstić information content (AvgIpc) is 2.31. The first-order valence-corrected chi connectivity index (χ1v) is 5.93. The number of aromatic nitrogens is 1. The molecule has 6 heteroatoms. The molecule has 1 aromatic heterocycles. The summed E-state index contributed by atoms with van der Waals surface area (Å²) in [5.74, 6) is 5.89. The lowest BCUT2D eigenvalue weighted by Gasteiger charge is -2.25. The van der Waals surface area contributed by atoms with Crippen LogP contribution in [0.1, 0.15) is 19.5 Å². The molecule has 0 aromatic carbocycles. The van der Waals surface area contributed by atoms with Gasteiger partial charge in [0.1, 0.15) is 5.82 Å². The molecule has 0 fully saturated rings. The number of nitrogens with one attached hydrogen (secondary N) is 1. The number of hydrogen-bond donors (Lipinski definition) is 3. The van der Waals surface area contributed by atoms with Crippen LogP contribution in [0.25, 0.3) is 0 Å². The molecular formula is C11H19ClN4O. The van der Waals surface area contributed by atoms with Crippen LogP contribution in [0.3, 0.4) is 0 Å². The van der Waals surface area contributed by atoms with Crippen molar-refractivity contribution in [1.82, 2.24) is 9.88 Å². The minimum atomic E-state index is 0.116. The molecule has 0 amide bonds. The van der Waals surface area contributed by atoms with E-state index in [9.17, 15) is 0 Å². The van der Waals surface area contributed by atoms with Gasteiger partial charge >= 0.3 is 0 Å². The molecule has 0 radical (unpaired) electrons. The Morgan fingerprint density at radius 3 is 2.76 bits per heavy atom. The maximum Gasteiger partial charge on any atom is 0.140 e. The summed E-state index contributed by atoms with van der Waals surface area (Å²) in [5.41, 5.74) is 3.25. The number of halogens is 1. The molecule has 1 rings (SSSR count). The van der Waals surface area contributed by atoms with Crippen molar-refractivity contribution in [3.63, 3.8) is 0 Å². The highest BCUT2D eigenvalue weighted by molar-refractivity contribution is 6.31. The van der Waals surface area contributed by atoms with Crippen LogP contribution in [-0.2, 0) is 6.54 Å². The van der Waals surface area contributed by atoms with Crippen molar-refractivity contribution in [1.29, 1.82) is 0 Å². The third-order valence-electron chi connectivity index (χ3n) is 2.54. The Balaban J connectivity index is 2.84. The maximum absolute atomic E-state index is 9.01. The summed E-state index contributed by atoms with van der Waals surface area (Å²) in [7, 11) is 0. The highest BCUT2D eigenvalue weighted by Crippen LogP contribution is 2.18. The van der Waals surface area contributed by atoms with Crippen LogP contribution in [0, 0.1) is 0 Å². The van der Waals surface area contributed by atoms with Crippen molar-refractivity contribution in [2.45, 2.75) is 26.4 Å². The van der Waals surface area contributed by atoms with Gasteiger partial charge in [-0.1, -0.05) is 11.6 Å². The Kier molecular flexibility index (Phi) is 5.64. The zero-order valence-electron chi connectivity index (χ0n) is 10.2. The fraction of sp³-hybridized carbons (Fsp3) is 0.545. The quantitative estimate of drug-likeness (QED) is 0.529. The van der Waals surface area contributed by atoms with Crippen molar-refractivity contribution in [3.8, 4) is 0 Å². The van der Waals surface area contributed by atoms with Gasteiger partial charge in [-0.3, -0.25) is 4.90 Å². The van der Waals surface area contributed by atoms with Crippen LogP contribution >= 0.6 is 11.6 Å². The predicted octanol–water partition coefficient (Wildman–Crippen LogP) is 1.22. The van der Waals surface area contributed by atoms with E-state index in [1.807, 2.05) is 0 Å². The van der Waals surface area contributed by atoms with Gasteiger partial charge in [0.05, 0.1) is 17.3 Å². The second-order valence-corrected chi connectivity index (χ2v) is 4.46. The molecule has 0 saturated heterocycles. The monoisotopic (exact) mass is 258 g/mol. The fourth-order valence-electron chi connectivity index (χ4n) is 1.52. The topological polar surface area (TPSA) is 74.4 Å². The Morgan fingerprint density at radius 2 is 2.24 bits per heavy atom. The number of hydrogen-bond acceptors (Lipinski definition) is 5. The van der Waals surface area contributed by atoms with Crippen LogP contribution in [0.4, 0.5) is 5.82 Å². The van der Waals surface area contributed by atoms with Gasteiger partial charge in [0.25, 0.3) is 0 Å². The summed E-state index contributed by atoms with van der Waals surface area (Å²) in [4.78, 5) is 6.40. The van der Waals surface area contributed by atoms with E-state index in [2.05, 4.69) is 29.2 Å². The molecular weight excluding hydrogens is 240 g/mol. The number of aliphatic hydroxyl groups is 1. The Hall–Kier alpha value is -0.880. The molecule has 0 atom stereocenters. The van der Waals surface area contributed by atoms with E-state index in [1.54, 1.807) is 12.1 Å². The van der Waals surface area contributed by atoms with Crippen molar-refractivity contribution in [3.05, 3.63) is 22.8 Å². The molecule has 0 saturated carbocycles. The normalized spacial score (nSPS) is 11.2. The van der Waals surface area contributed by atoms with Gasteiger partial charge in [-0.15, -0.1) is 0 Å². The number of rotatable bonds is 6. The Bertz CT molecular complexity index is 359. The number of pyridine rings is 1. The average molecular weight is 259 g/mol. The van der Waals surface area contributed by atoms with Crippen LogP contribution < -0.4 is 11.3 Å². The number of aliphatic hydroxyl groups excluding tert-OH is 1. The second-order valence-electron chi connectivity index (χ2n) is 4.06. The largest absolute Gasteiger partial charge is 0.395 e. The fourth-order valence-corrected chi connectivity index (χ4v) is 1.68. The highest BCUT2D eigenvalue weighted by Gasteiger charge is 2.13. The van der Waals surface area contributed by atoms with Crippen molar-refractivity contribution < 1.29 is 5.11 Å². The van der Waals surface area contributed by atoms with Gasteiger partial charge < -0.3 is 10.5 Å². The molecule has 5 nitrogen and oxygen atoms in total. The molecule has 4 N–H and O–H groups in total. The number of nitrogens with zero attached hydrogens (tertiary/aromatic N) is 2.